The molecule has 1 aliphatic rings. The summed E-state index contributed by atoms with van der Waals surface area (Å²) in [5, 5.41) is 4.25. The Hall–Kier alpha value is -3.53. The number of rotatable bonds is 6. The quantitative estimate of drug-likeness (QED) is 0.342. The molecule has 1 fully saturated rings. The lowest BCUT2D eigenvalue weighted by molar-refractivity contribution is -0.117. The molecule has 0 bridgehead atoms. The Labute approximate surface area is 201 Å². The number of anilines is 1. The molecule has 4 nitrogen and oxygen atoms in total. The third kappa shape index (κ3) is 4.58. The van der Waals surface area contributed by atoms with E-state index in [1.54, 1.807) is 7.11 Å². The molecule has 0 aliphatic heterocycles. The van der Waals surface area contributed by atoms with Gasteiger partial charge in [-0.15, -0.1) is 0 Å². The summed E-state index contributed by atoms with van der Waals surface area (Å²) in [7, 11) is 1.70. The summed E-state index contributed by atoms with van der Waals surface area (Å²) in [6.45, 7) is 7.44. The third-order valence-corrected chi connectivity index (χ3v) is 6.65. The highest BCUT2D eigenvalue weighted by atomic mass is 16.5. The van der Waals surface area contributed by atoms with E-state index in [1.807, 2.05) is 18.2 Å². The Morgan fingerprint density at radius 1 is 1.03 bits per heavy atom. The van der Waals surface area contributed by atoms with Gasteiger partial charge in [0.25, 0.3) is 0 Å². The van der Waals surface area contributed by atoms with E-state index < -0.39 is 0 Å². The van der Waals surface area contributed by atoms with Gasteiger partial charge in [0, 0.05) is 40.8 Å². The van der Waals surface area contributed by atoms with Crippen LogP contribution in [0.5, 0.6) is 5.75 Å². The lowest BCUT2D eigenvalue weighted by atomic mass is 9.86. The maximum absolute atomic E-state index is 12.4. The highest BCUT2D eigenvalue weighted by Gasteiger charge is 2.29. The number of carbonyl (C=O) groups excluding carboxylic acids is 1. The fourth-order valence-corrected chi connectivity index (χ4v) is 4.44. The molecule has 1 aliphatic carbocycles. The molecular formula is C30H32N2O2. The number of nitrogens with one attached hydrogen (secondary N) is 1. The van der Waals surface area contributed by atoms with Crippen LogP contribution in [0.3, 0.4) is 0 Å². The minimum atomic E-state index is 0.110. The molecule has 1 saturated carbocycles. The van der Waals surface area contributed by atoms with Crippen molar-refractivity contribution in [3.63, 3.8) is 0 Å². The highest BCUT2D eigenvalue weighted by Crippen LogP contribution is 2.36. The van der Waals surface area contributed by atoms with Gasteiger partial charge in [-0.3, -0.25) is 4.79 Å². The van der Waals surface area contributed by atoms with Crippen LogP contribution in [0.15, 0.2) is 72.9 Å². The molecule has 0 radical (unpaired) electrons. The number of aromatic nitrogens is 1. The topological polar surface area (TPSA) is 43.3 Å². The molecule has 1 aromatic heterocycles. The van der Waals surface area contributed by atoms with E-state index in [9.17, 15) is 4.79 Å². The summed E-state index contributed by atoms with van der Waals surface area (Å²) in [5.41, 5.74) is 6.94. The minimum absolute atomic E-state index is 0.110. The van der Waals surface area contributed by atoms with Gasteiger partial charge in [0.05, 0.1) is 7.11 Å². The summed E-state index contributed by atoms with van der Waals surface area (Å²) in [5.74, 6) is 1.17. The van der Waals surface area contributed by atoms with E-state index >= 15 is 0 Å². The van der Waals surface area contributed by atoms with Crippen LogP contribution in [0.4, 0.5) is 5.69 Å². The Kier molecular flexibility index (Phi) is 5.68. The molecule has 1 heterocycles. The van der Waals surface area contributed by atoms with Crippen molar-refractivity contribution in [3.8, 4) is 16.9 Å². The summed E-state index contributed by atoms with van der Waals surface area (Å²) in [6, 6.07) is 23.3. The summed E-state index contributed by atoms with van der Waals surface area (Å²) in [6.07, 6.45) is 4.22. The van der Waals surface area contributed by atoms with Gasteiger partial charge in [0.15, 0.2) is 0 Å². The number of benzene rings is 3. The number of ether oxygens (including phenoxy) is 1. The average molecular weight is 453 g/mol. The normalized spacial score (nSPS) is 13.8. The van der Waals surface area contributed by atoms with E-state index in [0.717, 1.165) is 41.7 Å². The number of hydrogen-bond acceptors (Lipinski definition) is 2. The van der Waals surface area contributed by atoms with Gasteiger partial charge in [-0.05, 0) is 65.3 Å². The second-order valence-electron chi connectivity index (χ2n) is 10.3. The smallest absolute Gasteiger partial charge is 0.227 e. The maximum atomic E-state index is 12.4. The Morgan fingerprint density at radius 3 is 2.47 bits per heavy atom. The first-order chi connectivity index (χ1) is 16.3. The second kappa shape index (κ2) is 8.68. The monoisotopic (exact) mass is 452 g/mol. The molecule has 0 atom stereocenters. The second-order valence-corrected chi connectivity index (χ2v) is 10.3. The summed E-state index contributed by atoms with van der Waals surface area (Å²) < 4.78 is 7.70. The maximum Gasteiger partial charge on any atom is 0.227 e. The first-order valence-corrected chi connectivity index (χ1v) is 12.0. The number of amides is 1. The van der Waals surface area contributed by atoms with Gasteiger partial charge in [-0.25, -0.2) is 0 Å². The van der Waals surface area contributed by atoms with Crippen LogP contribution in [0.1, 0.15) is 44.7 Å². The fourth-order valence-electron chi connectivity index (χ4n) is 4.44. The zero-order chi connectivity index (χ0) is 23.9. The van der Waals surface area contributed by atoms with Crippen LogP contribution in [0.2, 0.25) is 0 Å². The van der Waals surface area contributed by atoms with E-state index in [-0.39, 0.29) is 17.2 Å². The molecule has 4 aromatic rings. The van der Waals surface area contributed by atoms with Crippen LogP contribution in [-0.4, -0.2) is 17.6 Å². The Morgan fingerprint density at radius 2 is 1.79 bits per heavy atom. The predicted molar refractivity (Wildman–Crippen MR) is 140 cm³/mol. The molecule has 0 spiro atoms. The first kappa shape index (κ1) is 22.3. The molecule has 34 heavy (non-hydrogen) atoms. The van der Waals surface area contributed by atoms with Crippen LogP contribution < -0.4 is 10.1 Å². The van der Waals surface area contributed by atoms with Crippen LogP contribution >= 0.6 is 0 Å². The van der Waals surface area contributed by atoms with Crippen molar-refractivity contribution in [2.75, 3.05) is 12.4 Å². The van der Waals surface area contributed by atoms with Gasteiger partial charge >= 0.3 is 0 Å². The third-order valence-electron chi connectivity index (χ3n) is 6.65. The largest absolute Gasteiger partial charge is 0.497 e. The van der Waals surface area contributed by atoms with E-state index in [2.05, 4.69) is 85.4 Å². The lowest BCUT2D eigenvalue weighted by Crippen LogP contribution is -2.13. The van der Waals surface area contributed by atoms with Crippen molar-refractivity contribution >= 4 is 22.5 Å². The van der Waals surface area contributed by atoms with Crippen molar-refractivity contribution in [2.45, 2.75) is 45.6 Å². The molecule has 0 unspecified atom stereocenters. The van der Waals surface area contributed by atoms with Crippen molar-refractivity contribution in [2.24, 2.45) is 5.92 Å². The van der Waals surface area contributed by atoms with Crippen LogP contribution in [-0.2, 0) is 16.8 Å². The number of hydrogen-bond donors (Lipinski definition) is 1. The molecule has 3 aromatic carbocycles. The number of fused-ring (bicyclic) bond motifs is 1. The van der Waals surface area contributed by atoms with Crippen LogP contribution in [0.25, 0.3) is 22.0 Å². The first-order valence-electron chi connectivity index (χ1n) is 12.0. The molecule has 5 rings (SSSR count). The van der Waals surface area contributed by atoms with Gasteiger partial charge in [-0.1, -0.05) is 57.2 Å². The molecule has 1 N–H and O–H groups in total. The van der Waals surface area contributed by atoms with Crippen molar-refractivity contribution in [1.82, 2.24) is 4.57 Å². The molecular weight excluding hydrogens is 420 g/mol. The summed E-state index contributed by atoms with van der Waals surface area (Å²) in [4.78, 5) is 12.4. The van der Waals surface area contributed by atoms with E-state index in [0.29, 0.717) is 0 Å². The van der Waals surface area contributed by atoms with Crippen LogP contribution in [0, 0.1) is 5.92 Å². The van der Waals surface area contributed by atoms with Crippen molar-refractivity contribution in [3.05, 3.63) is 84.1 Å². The lowest BCUT2D eigenvalue weighted by Gasteiger charge is -2.19. The average Bonchev–Trinajstić information content (AvgIpc) is 3.62. The zero-order valence-corrected chi connectivity index (χ0v) is 20.4. The molecule has 1 amide bonds. The SMILES string of the molecule is COc1cccc(Cn2cc(-c3ccc(C(C)(C)C)cc3)c3cc(NC(=O)C4CC4)ccc32)c1. The van der Waals surface area contributed by atoms with Gasteiger partial charge in [0.1, 0.15) is 5.75 Å². The highest BCUT2D eigenvalue weighted by molar-refractivity contribution is 6.01. The van der Waals surface area contributed by atoms with Crippen molar-refractivity contribution < 1.29 is 9.53 Å². The molecule has 4 heteroatoms. The van der Waals surface area contributed by atoms with Gasteiger partial charge in [-0.2, -0.15) is 0 Å². The van der Waals surface area contributed by atoms with Gasteiger partial charge in [0.2, 0.25) is 5.91 Å². The molecule has 174 valence electrons. The Bertz CT molecular complexity index is 1340. The van der Waals surface area contributed by atoms with Crippen molar-refractivity contribution in [1.29, 1.82) is 0 Å². The zero-order valence-electron chi connectivity index (χ0n) is 20.4. The summed E-state index contributed by atoms with van der Waals surface area (Å²) >= 11 is 0. The molecule has 0 saturated heterocycles. The van der Waals surface area contributed by atoms with E-state index in [4.69, 9.17) is 4.74 Å². The number of methoxy groups -OCH3 is 1. The van der Waals surface area contributed by atoms with Gasteiger partial charge < -0.3 is 14.6 Å². The standard InChI is InChI=1S/C30H32N2O2/c1-30(2,3)23-12-10-21(11-13-23)27-19-32(18-20-6-5-7-25(16-20)34-4)28-15-14-24(17-26(27)28)31-29(33)22-8-9-22/h5-7,10-17,19,22H,8-9,18H2,1-4H3,(H,31,33). The predicted octanol–water partition coefficient (Wildman–Crippen LogP) is 7.01. The minimum Gasteiger partial charge on any atom is -0.497 e. The Balaban J connectivity index is 1.57. The van der Waals surface area contributed by atoms with E-state index in [1.165, 1.54) is 22.3 Å². The fraction of sp³-hybridized carbons (Fsp3) is 0.300. The number of carbonyl (C=O) groups is 1. The number of nitrogens with zero attached hydrogens (tertiary/aromatic N) is 1.